The molecule has 0 saturated carbocycles. The number of hydrogen-bond donors (Lipinski definition) is 2. The molecular formula is C20H15F3N2O3. The van der Waals surface area contributed by atoms with Crippen LogP contribution in [-0.2, 0) is 6.54 Å². The summed E-state index contributed by atoms with van der Waals surface area (Å²) in [6.07, 6.45) is -1.17. The van der Waals surface area contributed by atoms with E-state index >= 15 is 0 Å². The minimum atomic E-state index is -2.60. The van der Waals surface area contributed by atoms with E-state index in [0.29, 0.717) is 16.3 Å². The number of carbonyl (C=O) groups is 1. The number of halogens is 3. The van der Waals surface area contributed by atoms with Crippen molar-refractivity contribution in [2.75, 3.05) is 7.05 Å². The molecule has 2 aromatic heterocycles. The average molecular weight is 388 g/mol. The minimum absolute atomic E-state index is 0.169. The van der Waals surface area contributed by atoms with Crippen molar-refractivity contribution in [1.82, 2.24) is 9.88 Å². The van der Waals surface area contributed by atoms with Gasteiger partial charge in [-0.25, -0.2) is 13.2 Å². The summed E-state index contributed by atoms with van der Waals surface area (Å²) in [5, 5.41) is 13.7. The first-order valence-corrected chi connectivity index (χ1v) is 8.44. The van der Waals surface area contributed by atoms with Crippen LogP contribution in [0.3, 0.4) is 0 Å². The van der Waals surface area contributed by atoms with E-state index in [4.69, 9.17) is 4.42 Å². The van der Waals surface area contributed by atoms with Crippen molar-refractivity contribution < 1.29 is 27.5 Å². The normalized spacial score (nSPS) is 11.6. The maximum Gasteiger partial charge on any atom is 0.256 e. The van der Waals surface area contributed by atoms with Gasteiger partial charge in [0.15, 0.2) is 0 Å². The zero-order valence-electron chi connectivity index (χ0n) is 14.7. The Hall–Kier alpha value is -3.42. The molecule has 0 atom stereocenters. The second-order valence-corrected chi connectivity index (χ2v) is 6.29. The summed E-state index contributed by atoms with van der Waals surface area (Å²) in [5.74, 6) is -0.943. The zero-order chi connectivity index (χ0) is 20.0. The Kier molecular flexibility index (Phi) is 4.26. The molecule has 144 valence electrons. The smallest absolute Gasteiger partial charge is 0.256 e. The number of nitrogens with one attached hydrogen (secondary N) is 1. The van der Waals surface area contributed by atoms with E-state index in [1.54, 1.807) is 6.07 Å². The molecule has 0 aliphatic rings. The molecule has 0 bridgehead atoms. The van der Waals surface area contributed by atoms with Crippen LogP contribution < -0.4 is 5.32 Å². The molecule has 0 fully saturated rings. The molecule has 0 saturated heterocycles. The van der Waals surface area contributed by atoms with E-state index in [2.05, 4.69) is 5.32 Å². The van der Waals surface area contributed by atoms with E-state index in [9.17, 15) is 23.1 Å². The second-order valence-electron chi connectivity index (χ2n) is 6.29. The number of aromatic hydroxyl groups is 1. The summed E-state index contributed by atoms with van der Waals surface area (Å²) in [6.45, 7) is -0.587. The zero-order valence-corrected chi connectivity index (χ0v) is 14.7. The van der Waals surface area contributed by atoms with Crippen LogP contribution in [0.5, 0.6) is 5.75 Å². The van der Waals surface area contributed by atoms with Crippen molar-refractivity contribution >= 4 is 27.8 Å². The Labute approximate surface area is 157 Å². The number of fused-ring (bicyclic) bond motifs is 3. The number of rotatable bonds is 4. The van der Waals surface area contributed by atoms with Crippen molar-refractivity contribution in [2.45, 2.75) is 13.0 Å². The van der Waals surface area contributed by atoms with Gasteiger partial charge in [0.1, 0.15) is 22.9 Å². The molecule has 1 amide bonds. The maximum atomic E-state index is 13.3. The van der Waals surface area contributed by atoms with Crippen molar-refractivity contribution in [3.05, 3.63) is 54.0 Å². The third-order valence-electron chi connectivity index (χ3n) is 4.57. The van der Waals surface area contributed by atoms with Gasteiger partial charge in [-0.3, -0.25) is 4.79 Å². The standard InChI is InChI=1S/C20H15F3N2O3/c1-24-20(27)16-13-8-14(26)17-12(6-7-25(17)9-15(22)23)19(13)28-18(16)10-2-4-11(21)5-3-10/h2-8,15,26H,9H2,1H3,(H,24,27). The highest BCUT2D eigenvalue weighted by atomic mass is 19.3. The molecular weight excluding hydrogens is 373 g/mol. The lowest BCUT2D eigenvalue weighted by Crippen LogP contribution is -2.18. The third-order valence-corrected chi connectivity index (χ3v) is 4.57. The second kappa shape index (κ2) is 6.63. The van der Waals surface area contributed by atoms with Crippen molar-refractivity contribution in [1.29, 1.82) is 0 Å². The summed E-state index contributed by atoms with van der Waals surface area (Å²) in [6, 6.07) is 8.29. The number of carbonyl (C=O) groups excluding carboxylic acids is 1. The molecule has 8 heteroatoms. The maximum absolute atomic E-state index is 13.3. The van der Waals surface area contributed by atoms with E-state index in [1.165, 1.54) is 48.1 Å². The number of aromatic nitrogens is 1. The Balaban J connectivity index is 2.05. The van der Waals surface area contributed by atoms with Crippen LogP contribution in [0.25, 0.3) is 33.2 Å². The number of phenolic OH excluding ortho intramolecular Hbond substituents is 1. The Morgan fingerprint density at radius 1 is 1.21 bits per heavy atom. The van der Waals surface area contributed by atoms with Gasteiger partial charge in [-0.15, -0.1) is 0 Å². The summed E-state index contributed by atoms with van der Waals surface area (Å²) in [7, 11) is 1.45. The van der Waals surface area contributed by atoms with Gasteiger partial charge in [0, 0.05) is 29.6 Å². The van der Waals surface area contributed by atoms with Gasteiger partial charge < -0.3 is 19.4 Å². The Morgan fingerprint density at radius 3 is 2.57 bits per heavy atom. The van der Waals surface area contributed by atoms with Crippen LogP contribution in [0.1, 0.15) is 10.4 Å². The molecule has 5 nitrogen and oxygen atoms in total. The number of amides is 1. The number of alkyl halides is 2. The summed E-state index contributed by atoms with van der Waals surface area (Å²) in [5.41, 5.74) is 1.10. The molecule has 0 spiro atoms. The lowest BCUT2D eigenvalue weighted by molar-refractivity contribution is 0.0964. The molecule has 0 radical (unpaired) electrons. The first kappa shape index (κ1) is 18.0. The van der Waals surface area contributed by atoms with Crippen LogP contribution in [0.4, 0.5) is 13.2 Å². The number of phenols is 1. The minimum Gasteiger partial charge on any atom is -0.506 e. The van der Waals surface area contributed by atoms with Crippen LogP contribution in [0, 0.1) is 5.82 Å². The lowest BCUT2D eigenvalue weighted by atomic mass is 10.0. The molecule has 4 rings (SSSR count). The molecule has 28 heavy (non-hydrogen) atoms. The SMILES string of the molecule is CNC(=O)c1c(-c2ccc(F)cc2)oc2c1cc(O)c1c2ccn1CC(F)F. The van der Waals surface area contributed by atoms with Gasteiger partial charge in [-0.1, -0.05) is 0 Å². The van der Waals surface area contributed by atoms with Gasteiger partial charge in [0.25, 0.3) is 12.3 Å². The average Bonchev–Trinajstić information content (AvgIpc) is 3.23. The van der Waals surface area contributed by atoms with Crippen LogP contribution in [0.15, 0.2) is 47.0 Å². The van der Waals surface area contributed by atoms with Gasteiger partial charge in [0.05, 0.1) is 17.6 Å². The topological polar surface area (TPSA) is 67.4 Å². The largest absolute Gasteiger partial charge is 0.506 e. The molecule has 2 aromatic carbocycles. The van der Waals surface area contributed by atoms with Crippen molar-refractivity contribution in [3.8, 4) is 17.1 Å². The van der Waals surface area contributed by atoms with Crippen molar-refractivity contribution in [2.24, 2.45) is 0 Å². The highest BCUT2D eigenvalue weighted by molar-refractivity contribution is 6.17. The highest BCUT2D eigenvalue weighted by Crippen LogP contribution is 2.41. The van der Waals surface area contributed by atoms with E-state index < -0.39 is 24.7 Å². The molecule has 4 aromatic rings. The van der Waals surface area contributed by atoms with E-state index in [1.807, 2.05) is 0 Å². The Bertz CT molecular complexity index is 1190. The highest BCUT2D eigenvalue weighted by Gasteiger charge is 2.25. The van der Waals surface area contributed by atoms with Gasteiger partial charge in [0.2, 0.25) is 0 Å². The molecule has 0 unspecified atom stereocenters. The third kappa shape index (κ3) is 2.77. The quantitative estimate of drug-likeness (QED) is 0.540. The fourth-order valence-electron chi connectivity index (χ4n) is 3.38. The fourth-order valence-corrected chi connectivity index (χ4v) is 3.38. The van der Waals surface area contributed by atoms with Gasteiger partial charge in [-0.2, -0.15) is 0 Å². The van der Waals surface area contributed by atoms with Crippen LogP contribution in [-0.4, -0.2) is 29.1 Å². The van der Waals surface area contributed by atoms with Gasteiger partial charge >= 0.3 is 0 Å². The molecule has 0 aliphatic carbocycles. The number of nitrogens with zero attached hydrogens (tertiary/aromatic N) is 1. The van der Waals surface area contributed by atoms with Crippen molar-refractivity contribution in [3.63, 3.8) is 0 Å². The van der Waals surface area contributed by atoms with Crippen LogP contribution in [0.2, 0.25) is 0 Å². The van der Waals surface area contributed by atoms with E-state index in [0.717, 1.165) is 0 Å². The number of furan rings is 1. The predicted molar refractivity (Wildman–Crippen MR) is 98.2 cm³/mol. The van der Waals surface area contributed by atoms with E-state index in [-0.39, 0.29) is 28.2 Å². The first-order valence-electron chi connectivity index (χ1n) is 8.44. The monoisotopic (exact) mass is 388 g/mol. The summed E-state index contributed by atoms with van der Waals surface area (Å²) < 4.78 is 46.1. The molecule has 0 aliphatic heterocycles. The fraction of sp³-hybridized carbons (Fsp3) is 0.150. The molecule has 2 N–H and O–H groups in total. The van der Waals surface area contributed by atoms with Gasteiger partial charge in [-0.05, 0) is 36.4 Å². The predicted octanol–water partition coefficient (Wildman–Crippen LogP) is 4.52. The Morgan fingerprint density at radius 2 is 1.93 bits per heavy atom. The summed E-state index contributed by atoms with van der Waals surface area (Å²) >= 11 is 0. The van der Waals surface area contributed by atoms with Crippen LogP contribution >= 0.6 is 0 Å². The lowest BCUT2D eigenvalue weighted by Gasteiger charge is -2.06. The molecule has 2 heterocycles. The first-order chi connectivity index (χ1) is 13.4. The summed E-state index contributed by atoms with van der Waals surface area (Å²) in [4.78, 5) is 12.5. The number of hydrogen-bond acceptors (Lipinski definition) is 3. The number of benzene rings is 2.